The molecule has 0 spiro atoms. The van der Waals surface area contributed by atoms with Crippen molar-refractivity contribution in [3.05, 3.63) is 23.5 Å². The molecule has 0 aromatic rings. The Morgan fingerprint density at radius 1 is 1.57 bits per heavy atom. The van der Waals surface area contributed by atoms with Gasteiger partial charge in [0.05, 0.1) is 12.0 Å². The molecular weight excluding hydrogens is 204 g/mol. The summed E-state index contributed by atoms with van der Waals surface area (Å²) in [5.74, 6) is -0.839. The van der Waals surface area contributed by atoms with E-state index in [-0.39, 0.29) is 16.2 Å². The minimum atomic E-state index is -1.10. The molecule has 0 bridgehead atoms. The first-order valence-corrected chi connectivity index (χ1v) is 4.29. The molecule has 0 aromatic heterocycles. The Bertz CT molecular complexity index is 330. The number of thiocarbonyl (C=S) groups is 1. The van der Waals surface area contributed by atoms with Crippen molar-refractivity contribution in [3.8, 4) is 0 Å². The number of ether oxygens (including phenoxy) is 2. The van der Waals surface area contributed by atoms with Crippen molar-refractivity contribution in [2.24, 2.45) is 0 Å². The molecule has 1 aliphatic rings. The summed E-state index contributed by atoms with van der Waals surface area (Å²) in [5, 5.41) is 8.91. The fraction of sp³-hybridized carbons (Fsp3) is 0.333. The van der Waals surface area contributed by atoms with Gasteiger partial charge in [0, 0.05) is 7.11 Å². The minimum absolute atomic E-state index is 0.00292. The van der Waals surface area contributed by atoms with Crippen LogP contribution in [-0.2, 0) is 14.3 Å². The van der Waals surface area contributed by atoms with Crippen molar-refractivity contribution in [1.29, 1.82) is 0 Å². The number of hydrogen-bond acceptors (Lipinski definition) is 4. The largest absolute Gasteiger partial charge is 0.496 e. The first kappa shape index (κ1) is 10.9. The first-order chi connectivity index (χ1) is 6.61. The molecule has 1 rings (SSSR count). The van der Waals surface area contributed by atoms with Gasteiger partial charge in [-0.05, 0) is 12.2 Å². The van der Waals surface area contributed by atoms with Crippen LogP contribution in [0, 0.1) is 0 Å². The SMILES string of the molecule is COC1=C(C(=O)O)C(=S)C(OC)C=C1. The van der Waals surface area contributed by atoms with Crippen LogP contribution in [0.1, 0.15) is 0 Å². The molecule has 0 aliphatic heterocycles. The van der Waals surface area contributed by atoms with Gasteiger partial charge in [-0.15, -0.1) is 0 Å². The van der Waals surface area contributed by atoms with Crippen LogP contribution in [0.15, 0.2) is 23.5 Å². The van der Waals surface area contributed by atoms with Crippen LogP contribution in [0.5, 0.6) is 0 Å². The summed E-state index contributed by atoms with van der Waals surface area (Å²) in [7, 11) is 2.87. The van der Waals surface area contributed by atoms with Crippen molar-refractivity contribution in [3.63, 3.8) is 0 Å². The van der Waals surface area contributed by atoms with Gasteiger partial charge in [0.25, 0.3) is 0 Å². The highest BCUT2D eigenvalue weighted by Gasteiger charge is 2.27. The van der Waals surface area contributed by atoms with E-state index in [0.29, 0.717) is 0 Å². The number of methoxy groups -OCH3 is 2. The lowest BCUT2D eigenvalue weighted by Gasteiger charge is -2.19. The molecule has 0 amide bonds. The maximum absolute atomic E-state index is 10.9. The summed E-state index contributed by atoms with van der Waals surface area (Å²) in [6.45, 7) is 0. The monoisotopic (exact) mass is 214 g/mol. The van der Waals surface area contributed by atoms with E-state index in [1.807, 2.05) is 0 Å². The van der Waals surface area contributed by atoms with Gasteiger partial charge in [-0.3, -0.25) is 0 Å². The number of rotatable bonds is 3. The van der Waals surface area contributed by atoms with Crippen molar-refractivity contribution >= 4 is 23.1 Å². The molecule has 0 saturated carbocycles. The standard InChI is InChI=1S/C9H10O4S/c1-12-5-3-4-6(13-2)8(14)7(5)9(10)11/h3-4,6H,1-2H3,(H,10,11). The molecule has 4 nitrogen and oxygen atoms in total. The Morgan fingerprint density at radius 2 is 2.21 bits per heavy atom. The maximum atomic E-state index is 10.9. The van der Waals surface area contributed by atoms with E-state index in [1.54, 1.807) is 12.2 Å². The third-order valence-electron chi connectivity index (χ3n) is 1.86. The molecule has 1 aliphatic carbocycles. The second kappa shape index (κ2) is 4.34. The van der Waals surface area contributed by atoms with Gasteiger partial charge >= 0.3 is 5.97 Å². The highest BCUT2D eigenvalue weighted by atomic mass is 32.1. The van der Waals surface area contributed by atoms with E-state index >= 15 is 0 Å². The molecule has 14 heavy (non-hydrogen) atoms. The molecule has 0 heterocycles. The Morgan fingerprint density at radius 3 is 2.64 bits per heavy atom. The van der Waals surface area contributed by atoms with Gasteiger partial charge in [0.2, 0.25) is 0 Å². The van der Waals surface area contributed by atoms with E-state index in [4.69, 9.17) is 26.8 Å². The topological polar surface area (TPSA) is 55.8 Å². The van der Waals surface area contributed by atoms with Crippen LogP contribution in [0.3, 0.4) is 0 Å². The molecule has 0 saturated heterocycles. The molecule has 1 atom stereocenters. The summed E-state index contributed by atoms with van der Waals surface area (Å²) in [6, 6.07) is 0. The second-order valence-corrected chi connectivity index (χ2v) is 3.07. The maximum Gasteiger partial charge on any atom is 0.340 e. The molecule has 1 N–H and O–H groups in total. The van der Waals surface area contributed by atoms with Crippen LogP contribution in [0.4, 0.5) is 0 Å². The first-order valence-electron chi connectivity index (χ1n) is 3.88. The normalized spacial score (nSPS) is 21.3. The Hall–Kier alpha value is -1.20. The fourth-order valence-corrected chi connectivity index (χ4v) is 1.54. The fourth-order valence-electron chi connectivity index (χ4n) is 1.18. The van der Waals surface area contributed by atoms with Crippen molar-refractivity contribution in [2.45, 2.75) is 6.10 Å². The van der Waals surface area contributed by atoms with E-state index in [9.17, 15) is 4.79 Å². The Labute approximate surface area is 86.8 Å². The van der Waals surface area contributed by atoms with Crippen LogP contribution in [-0.4, -0.2) is 36.3 Å². The van der Waals surface area contributed by atoms with Gasteiger partial charge in [0.15, 0.2) is 0 Å². The quantitative estimate of drug-likeness (QED) is 0.708. The van der Waals surface area contributed by atoms with Gasteiger partial charge in [-0.25, -0.2) is 4.79 Å². The number of carboxylic acid groups (broad SMARTS) is 1. The molecule has 5 heteroatoms. The lowest BCUT2D eigenvalue weighted by Crippen LogP contribution is -2.28. The molecule has 0 aromatic carbocycles. The zero-order valence-electron chi connectivity index (χ0n) is 7.81. The lowest BCUT2D eigenvalue weighted by atomic mass is 10.0. The van der Waals surface area contributed by atoms with Crippen LogP contribution < -0.4 is 0 Å². The predicted molar refractivity (Wildman–Crippen MR) is 54.2 cm³/mol. The summed E-state index contributed by atoms with van der Waals surface area (Å²) in [5.41, 5.74) is -0.00292. The van der Waals surface area contributed by atoms with Crippen LogP contribution in [0.2, 0.25) is 0 Å². The van der Waals surface area contributed by atoms with Crippen LogP contribution >= 0.6 is 12.2 Å². The van der Waals surface area contributed by atoms with Gasteiger partial charge < -0.3 is 14.6 Å². The van der Waals surface area contributed by atoms with Crippen molar-refractivity contribution < 1.29 is 19.4 Å². The van der Waals surface area contributed by atoms with E-state index in [1.165, 1.54) is 14.2 Å². The van der Waals surface area contributed by atoms with Gasteiger partial charge in [-0.1, -0.05) is 12.2 Å². The van der Waals surface area contributed by atoms with E-state index < -0.39 is 12.1 Å². The summed E-state index contributed by atoms with van der Waals surface area (Å²) < 4.78 is 9.89. The molecular formula is C9H10O4S. The lowest BCUT2D eigenvalue weighted by molar-refractivity contribution is -0.132. The molecule has 0 radical (unpaired) electrons. The van der Waals surface area contributed by atoms with Crippen molar-refractivity contribution in [2.75, 3.05) is 14.2 Å². The minimum Gasteiger partial charge on any atom is -0.496 e. The number of allylic oxidation sites excluding steroid dienone is 1. The second-order valence-electron chi connectivity index (χ2n) is 2.63. The van der Waals surface area contributed by atoms with E-state index in [2.05, 4.69) is 0 Å². The highest BCUT2D eigenvalue weighted by molar-refractivity contribution is 7.81. The zero-order chi connectivity index (χ0) is 10.7. The number of carbonyl (C=O) groups is 1. The van der Waals surface area contributed by atoms with Crippen LogP contribution in [0.25, 0.3) is 0 Å². The average Bonchev–Trinajstić information content (AvgIpc) is 2.16. The number of carboxylic acids is 1. The Balaban J connectivity index is 3.12. The van der Waals surface area contributed by atoms with Crippen molar-refractivity contribution in [1.82, 2.24) is 0 Å². The summed E-state index contributed by atoms with van der Waals surface area (Å²) >= 11 is 4.97. The third kappa shape index (κ3) is 1.83. The smallest absolute Gasteiger partial charge is 0.340 e. The predicted octanol–water partition coefficient (Wildman–Crippen LogP) is 0.926. The third-order valence-corrected chi connectivity index (χ3v) is 2.30. The summed E-state index contributed by atoms with van der Waals surface area (Å²) in [6.07, 6.45) is 2.75. The molecule has 1 unspecified atom stereocenters. The molecule has 0 fully saturated rings. The molecule has 76 valence electrons. The highest BCUT2D eigenvalue weighted by Crippen LogP contribution is 2.20. The number of hydrogen-bond donors (Lipinski definition) is 1. The van der Waals surface area contributed by atoms with E-state index in [0.717, 1.165) is 0 Å². The summed E-state index contributed by atoms with van der Waals surface area (Å²) in [4.78, 5) is 11.1. The Kier molecular flexibility index (Phi) is 3.38. The van der Waals surface area contributed by atoms with Gasteiger partial charge in [-0.2, -0.15) is 0 Å². The van der Waals surface area contributed by atoms with Gasteiger partial charge in [0.1, 0.15) is 17.4 Å². The number of aliphatic carboxylic acids is 1. The zero-order valence-corrected chi connectivity index (χ0v) is 8.63. The average molecular weight is 214 g/mol.